The van der Waals surface area contributed by atoms with Gasteiger partial charge in [0.2, 0.25) is 0 Å². The fourth-order valence-corrected chi connectivity index (χ4v) is 4.08. The second-order valence-electron chi connectivity index (χ2n) is 7.28. The van der Waals surface area contributed by atoms with Crippen molar-refractivity contribution in [2.45, 2.75) is 46.6 Å². The summed E-state index contributed by atoms with van der Waals surface area (Å²) in [6, 6.07) is 9.76. The van der Waals surface area contributed by atoms with E-state index < -0.39 is 0 Å². The molecule has 1 aliphatic rings. The lowest BCUT2D eigenvalue weighted by molar-refractivity contribution is 0.0734. The third kappa shape index (κ3) is 3.05. The van der Waals surface area contributed by atoms with Gasteiger partial charge >= 0.3 is 0 Å². The molecule has 1 atom stereocenters. The number of likely N-dealkylation sites (tertiary alicyclic amines) is 1. The van der Waals surface area contributed by atoms with Gasteiger partial charge in [-0.25, -0.2) is 4.68 Å². The Morgan fingerprint density at radius 3 is 2.48 bits per heavy atom. The van der Waals surface area contributed by atoms with Crippen LogP contribution in [-0.2, 0) is 0 Å². The molecule has 0 N–H and O–H groups in total. The van der Waals surface area contributed by atoms with E-state index in [9.17, 15) is 4.79 Å². The van der Waals surface area contributed by atoms with Crippen molar-refractivity contribution in [3.63, 3.8) is 0 Å². The topological polar surface area (TPSA) is 64.2 Å². The molecule has 0 saturated carbocycles. The Bertz CT molecular complexity index is 965. The van der Waals surface area contributed by atoms with Crippen LogP contribution in [0.25, 0.3) is 5.69 Å². The maximum Gasteiger partial charge on any atom is 0.254 e. The van der Waals surface area contributed by atoms with E-state index in [1.54, 1.807) is 0 Å². The minimum absolute atomic E-state index is 0.0411. The molecule has 0 aliphatic carbocycles. The van der Waals surface area contributed by atoms with Crippen LogP contribution < -0.4 is 0 Å². The number of hydrogen-bond donors (Lipinski definition) is 0. The molecule has 1 unspecified atom stereocenters. The molecule has 3 heterocycles. The molecular formula is C21H24N4O2. The Morgan fingerprint density at radius 1 is 1.15 bits per heavy atom. The van der Waals surface area contributed by atoms with Gasteiger partial charge in [0.1, 0.15) is 5.76 Å². The summed E-state index contributed by atoms with van der Waals surface area (Å²) in [5.74, 6) is 0.856. The highest BCUT2D eigenvalue weighted by molar-refractivity contribution is 5.95. The van der Waals surface area contributed by atoms with Gasteiger partial charge in [0.15, 0.2) is 0 Å². The predicted octanol–water partition coefficient (Wildman–Crippen LogP) is 4.07. The van der Waals surface area contributed by atoms with E-state index in [0.29, 0.717) is 5.56 Å². The lowest BCUT2D eigenvalue weighted by atomic mass is 10.0. The Morgan fingerprint density at radius 2 is 1.89 bits per heavy atom. The van der Waals surface area contributed by atoms with Gasteiger partial charge in [-0.1, -0.05) is 5.16 Å². The Kier molecular flexibility index (Phi) is 4.34. The molecule has 1 aromatic carbocycles. The Labute approximate surface area is 158 Å². The number of aromatic nitrogens is 3. The van der Waals surface area contributed by atoms with Crippen LogP contribution in [0.2, 0.25) is 0 Å². The quantitative estimate of drug-likeness (QED) is 0.703. The first-order valence-corrected chi connectivity index (χ1v) is 9.33. The molecule has 6 nitrogen and oxygen atoms in total. The molecule has 0 spiro atoms. The minimum atomic E-state index is 0.0411. The highest BCUT2D eigenvalue weighted by Crippen LogP contribution is 2.36. The van der Waals surface area contributed by atoms with Crippen molar-refractivity contribution < 1.29 is 9.32 Å². The van der Waals surface area contributed by atoms with Crippen molar-refractivity contribution in [3.8, 4) is 5.69 Å². The number of carbonyl (C=O) groups excluding carboxylic acids is 1. The van der Waals surface area contributed by atoms with Crippen molar-refractivity contribution in [1.82, 2.24) is 19.8 Å². The molecule has 1 fully saturated rings. The molecular weight excluding hydrogens is 340 g/mol. The normalized spacial score (nSPS) is 16.9. The first-order valence-electron chi connectivity index (χ1n) is 9.33. The van der Waals surface area contributed by atoms with E-state index in [1.807, 2.05) is 67.6 Å². The number of amides is 1. The van der Waals surface area contributed by atoms with Crippen molar-refractivity contribution in [2.75, 3.05) is 6.54 Å². The zero-order valence-corrected chi connectivity index (χ0v) is 16.2. The number of benzene rings is 1. The van der Waals surface area contributed by atoms with E-state index in [-0.39, 0.29) is 11.9 Å². The summed E-state index contributed by atoms with van der Waals surface area (Å²) >= 11 is 0. The van der Waals surface area contributed by atoms with Crippen molar-refractivity contribution in [3.05, 3.63) is 64.3 Å². The van der Waals surface area contributed by atoms with E-state index in [1.165, 1.54) is 0 Å². The van der Waals surface area contributed by atoms with Gasteiger partial charge in [-0.15, -0.1) is 0 Å². The van der Waals surface area contributed by atoms with E-state index in [0.717, 1.165) is 53.5 Å². The van der Waals surface area contributed by atoms with E-state index in [2.05, 4.69) is 10.3 Å². The predicted molar refractivity (Wildman–Crippen MR) is 102 cm³/mol. The lowest BCUT2D eigenvalue weighted by Gasteiger charge is -2.25. The number of carbonyl (C=O) groups is 1. The molecule has 4 rings (SSSR count). The molecule has 6 heteroatoms. The van der Waals surface area contributed by atoms with Crippen molar-refractivity contribution >= 4 is 5.91 Å². The van der Waals surface area contributed by atoms with Crippen LogP contribution in [0.1, 0.15) is 57.6 Å². The minimum Gasteiger partial charge on any atom is -0.361 e. The smallest absolute Gasteiger partial charge is 0.254 e. The molecule has 1 saturated heterocycles. The summed E-state index contributed by atoms with van der Waals surface area (Å²) in [5, 5.41) is 8.56. The van der Waals surface area contributed by atoms with Crippen LogP contribution in [0.15, 0.2) is 34.9 Å². The second kappa shape index (κ2) is 6.68. The third-order valence-electron chi connectivity index (χ3n) is 5.30. The molecule has 140 valence electrons. The molecule has 1 aliphatic heterocycles. The van der Waals surface area contributed by atoms with Gasteiger partial charge < -0.3 is 9.42 Å². The highest BCUT2D eigenvalue weighted by atomic mass is 16.5. The second-order valence-corrected chi connectivity index (χ2v) is 7.28. The van der Waals surface area contributed by atoms with E-state index >= 15 is 0 Å². The monoisotopic (exact) mass is 364 g/mol. The number of rotatable bonds is 3. The number of hydrogen-bond acceptors (Lipinski definition) is 4. The summed E-state index contributed by atoms with van der Waals surface area (Å²) in [6.45, 7) is 8.61. The van der Waals surface area contributed by atoms with Crippen LogP contribution in [0, 0.1) is 27.7 Å². The first-order chi connectivity index (χ1) is 13.0. The van der Waals surface area contributed by atoms with Crippen LogP contribution in [0.5, 0.6) is 0 Å². The van der Waals surface area contributed by atoms with E-state index in [4.69, 9.17) is 4.52 Å². The lowest BCUT2D eigenvalue weighted by Crippen LogP contribution is -2.31. The maximum atomic E-state index is 13.1. The molecule has 1 amide bonds. The largest absolute Gasteiger partial charge is 0.361 e. The van der Waals surface area contributed by atoms with Gasteiger partial charge in [-0.3, -0.25) is 4.79 Å². The summed E-state index contributed by atoms with van der Waals surface area (Å²) in [7, 11) is 0. The standard InChI is InChI=1S/C21H24N4O2/c1-13-12-14(2)25(22-13)18-9-7-17(8-10-18)21(26)24-11-5-6-19(24)20-15(3)23-27-16(20)4/h7-10,12,19H,5-6,11H2,1-4H3. The summed E-state index contributed by atoms with van der Waals surface area (Å²) < 4.78 is 7.22. The molecule has 0 bridgehead atoms. The highest BCUT2D eigenvalue weighted by Gasteiger charge is 2.34. The van der Waals surface area contributed by atoms with Crippen molar-refractivity contribution in [2.24, 2.45) is 0 Å². The fourth-order valence-electron chi connectivity index (χ4n) is 4.08. The molecule has 2 aromatic heterocycles. The average Bonchev–Trinajstić information content (AvgIpc) is 3.34. The molecule has 0 radical (unpaired) electrons. The summed E-state index contributed by atoms with van der Waals surface area (Å²) in [5.41, 5.74) is 5.63. The Balaban J connectivity index is 1.60. The number of aryl methyl sites for hydroxylation is 4. The van der Waals surface area contributed by atoms with Crippen LogP contribution in [-0.4, -0.2) is 32.3 Å². The van der Waals surface area contributed by atoms with Gasteiger partial charge in [0.25, 0.3) is 5.91 Å². The maximum absolute atomic E-state index is 13.1. The van der Waals surface area contributed by atoms with Crippen LogP contribution in [0.3, 0.4) is 0 Å². The Hall–Kier alpha value is -2.89. The van der Waals surface area contributed by atoms with Crippen LogP contribution >= 0.6 is 0 Å². The molecule has 3 aromatic rings. The van der Waals surface area contributed by atoms with Crippen LogP contribution in [0.4, 0.5) is 0 Å². The zero-order valence-electron chi connectivity index (χ0n) is 16.2. The first kappa shape index (κ1) is 17.5. The van der Waals surface area contributed by atoms with Gasteiger partial charge in [-0.05, 0) is 70.9 Å². The molecule has 27 heavy (non-hydrogen) atoms. The summed E-state index contributed by atoms with van der Waals surface area (Å²) in [4.78, 5) is 15.1. The number of nitrogens with zero attached hydrogens (tertiary/aromatic N) is 4. The van der Waals surface area contributed by atoms with Gasteiger partial charge in [0, 0.05) is 23.4 Å². The summed E-state index contributed by atoms with van der Waals surface area (Å²) in [6.07, 6.45) is 1.93. The van der Waals surface area contributed by atoms with Crippen molar-refractivity contribution in [1.29, 1.82) is 0 Å². The fraction of sp³-hybridized carbons (Fsp3) is 0.381. The SMILES string of the molecule is Cc1cc(C)n(-c2ccc(C(=O)N3CCCC3c3c(C)noc3C)cc2)n1. The van der Waals surface area contributed by atoms with Gasteiger partial charge in [-0.2, -0.15) is 5.10 Å². The van der Waals surface area contributed by atoms with Gasteiger partial charge in [0.05, 0.1) is 23.1 Å². The third-order valence-corrected chi connectivity index (χ3v) is 5.30. The average molecular weight is 364 g/mol. The zero-order chi connectivity index (χ0) is 19.1.